The van der Waals surface area contributed by atoms with E-state index in [-0.39, 0.29) is 18.1 Å². The Labute approximate surface area is 107 Å². The summed E-state index contributed by atoms with van der Waals surface area (Å²) in [6.45, 7) is 1.78. The number of amides is 1. The fourth-order valence-corrected chi connectivity index (χ4v) is 2.16. The molecule has 1 aromatic carbocycles. The highest BCUT2D eigenvalue weighted by Gasteiger charge is 2.23. The summed E-state index contributed by atoms with van der Waals surface area (Å²) in [6, 6.07) is 5.44. The molecule has 0 saturated heterocycles. The first kappa shape index (κ1) is 11.3. The minimum absolute atomic E-state index is 0.0608. The fraction of sp³-hybridized carbons (Fsp3) is 0.167. The number of fused-ring (bicyclic) bond motifs is 1. The number of benzene rings is 1. The molecule has 82 valence electrons. The van der Waals surface area contributed by atoms with E-state index in [1.54, 1.807) is 25.1 Å². The first-order chi connectivity index (χ1) is 7.61. The first-order valence-electron chi connectivity index (χ1n) is 4.91. The minimum Gasteiger partial charge on any atom is -0.325 e. The molecule has 1 amide bonds. The van der Waals surface area contributed by atoms with Gasteiger partial charge in [0.2, 0.25) is 5.91 Å². The van der Waals surface area contributed by atoms with Gasteiger partial charge >= 0.3 is 0 Å². The zero-order chi connectivity index (χ0) is 11.7. The van der Waals surface area contributed by atoms with Gasteiger partial charge in [0.25, 0.3) is 0 Å². The van der Waals surface area contributed by atoms with Gasteiger partial charge in [-0.15, -0.1) is 0 Å². The molecule has 1 aliphatic rings. The predicted molar refractivity (Wildman–Crippen MR) is 70.5 cm³/mol. The highest BCUT2D eigenvalue weighted by Crippen LogP contribution is 2.26. The lowest BCUT2D eigenvalue weighted by molar-refractivity contribution is -0.115. The van der Waals surface area contributed by atoms with E-state index in [1.807, 2.05) is 6.07 Å². The van der Waals surface area contributed by atoms with E-state index in [4.69, 9.17) is 0 Å². The first-order valence-corrected chi connectivity index (χ1v) is 5.99. The van der Waals surface area contributed by atoms with Crippen LogP contribution in [-0.4, -0.2) is 11.7 Å². The second-order valence-corrected chi connectivity index (χ2v) is 4.80. The van der Waals surface area contributed by atoms with Crippen molar-refractivity contribution in [3.63, 3.8) is 0 Å². The lowest BCUT2D eigenvalue weighted by Gasteiger charge is -2.05. The third kappa shape index (κ3) is 2.02. The number of ketones is 1. The summed E-state index contributed by atoms with van der Waals surface area (Å²) in [6.07, 6.45) is 1.86. The van der Waals surface area contributed by atoms with Crippen LogP contribution in [0, 0.1) is 3.57 Å². The van der Waals surface area contributed by atoms with Crippen LogP contribution in [0.4, 0.5) is 5.69 Å². The van der Waals surface area contributed by atoms with E-state index >= 15 is 0 Å². The van der Waals surface area contributed by atoms with Crippen molar-refractivity contribution in [3.8, 4) is 0 Å². The fourth-order valence-electron chi connectivity index (χ4n) is 1.67. The Bertz CT molecular complexity index is 506. The van der Waals surface area contributed by atoms with Crippen LogP contribution in [0.1, 0.15) is 23.7 Å². The molecule has 1 aromatic rings. The summed E-state index contributed by atoms with van der Waals surface area (Å²) in [4.78, 5) is 23.6. The maximum Gasteiger partial charge on any atom is 0.228 e. The second-order valence-electron chi connectivity index (χ2n) is 3.56. The van der Waals surface area contributed by atoms with E-state index in [0.717, 1.165) is 3.57 Å². The topological polar surface area (TPSA) is 46.2 Å². The van der Waals surface area contributed by atoms with E-state index < -0.39 is 0 Å². The zero-order valence-electron chi connectivity index (χ0n) is 8.71. The molecular formula is C12H10INO2. The minimum atomic E-state index is -0.138. The Morgan fingerprint density at radius 2 is 2.12 bits per heavy atom. The quantitative estimate of drug-likeness (QED) is 0.588. The van der Waals surface area contributed by atoms with Crippen molar-refractivity contribution < 1.29 is 9.59 Å². The number of hydrogen-bond donors (Lipinski definition) is 1. The van der Waals surface area contributed by atoms with Crippen molar-refractivity contribution in [2.75, 3.05) is 5.32 Å². The molecule has 1 heterocycles. The average molecular weight is 327 g/mol. The summed E-state index contributed by atoms with van der Waals surface area (Å²) in [5.74, 6) is -0.198. The van der Waals surface area contributed by atoms with Crippen molar-refractivity contribution >= 4 is 40.0 Å². The second kappa shape index (κ2) is 4.37. The summed E-state index contributed by atoms with van der Waals surface area (Å²) in [5, 5.41) is 2.74. The summed E-state index contributed by atoms with van der Waals surface area (Å²) in [7, 11) is 0. The van der Waals surface area contributed by atoms with Crippen LogP contribution < -0.4 is 5.32 Å². The number of Topliss-reactive ketones (excluding diaryl/α,β-unsaturated/α-hetero) is 1. The molecule has 0 aromatic heterocycles. The third-order valence-electron chi connectivity index (χ3n) is 2.49. The normalized spacial score (nSPS) is 18.0. The molecular weight excluding hydrogens is 317 g/mol. The molecule has 0 fully saturated rings. The van der Waals surface area contributed by atoms with Crippen LogP contribution in [-0.2, 0) is 4.79 Å². The summed E-state index contributed by atoms with van der Waals surface area (Å²) >= 11 is 2.15. The van der Waals surface area contributed by atoms with Gasteiger partial charge in [-0.2, -0.15) is 0 Å². The van der Waals surface area contributed by atoms with Crippen LogP contribution in [0.3, 0.4) is 0 Å². The number of halogens is 1. The van der Waals surface area contributed by atoms with Crippen LogP contribution in [0.2, 0.25) is 0 Å². The van der Waals surface area contributed by atoms with Gasteiger partial charge in [0.1, 0.15) is 0 Å². The largest absolute Gasteiger partial charge is 0.325 e. The molecule has 4 heteroatoms. The lowest BCUT2D eigenvalue weighted by atomic mass is 10.0. The van der Waals surface area contributed by atoms with Crippen molar-refractivity contribution in [1.82, 2.24) is 0 Å². The zero-order valence-corrected chi connectivity index (χ0v) is 10.9. The molecule has 16 heavy (non-hydrogen) atoms. The molecule has 0 spiro atoms. The predicted octanol–water partition coefficient (Wildman–Crippen LogP) is 2.76. The van der Waals surface area contributed by atoms with E-state index in [9.17, 15) is 9.59 Å². The Morgan fingerprint density at radius 1 is 1.38 bits per heavy atom. The maximum atomic E-state index is 12.1. The van der Waals surface area contributed by atoms with E-state index in [1.165, 1.54) is 0 Å². The number of carbonyl (C=O) groups is 2. The molecule has 3 nitrogen and oxygen atoms in total. The molecule has 0 atom stereocenters. The Morgan fingerprint density at radius 3 is 2.81 bits per heavy atom. The Hall–Kier alpha value is -1.17. The SMILES string of the molecule is C/C=C1\CC(=O)Nc2ccc(I)cc2C1=O. The van der Waals surface area contributed by atoms with Crippen molar-refractivity contribution in [2.24, 2.45) is 0 Å². The molecule has 0 bridgehead atoms. The van der Waals surface area contributed by atoms with Gasteiger partial charge in [0.05, 0.1) is 12.1 Å². The van der Waals surface area contributed by atoms with Gasteiger partial charge in [-0.3, -0.25) is 9.59 Å². The molecule has 1 N–H and O–H groups in total. The molecule has 0 radical (unpaired) electrons. The molecule has 0 saturated carbocycles. The Balaban J connectivity index is 2.60. The molecule has 1 aliphatic heterocycles. The summed E-state index contributed by atoms with van der Waals surface area (Å²) < 4.78 is 0.983. The van der Waals surface area contributed by atoms with Gasteiger partial charge in [-0.1, -0.05) is 6.08 Å². The van der Waals surface area contributed by atoms with Crippen molar-refractivity contribution in [1.29, 1.82) is 0 Å². The number of rotatable bonds is 0. The number of anilines is 1. The molecule has 0 unspecified atom stereocenters. The van der Waals surface area contributed by atoms with Crippen molar-refractivity contribution in [3.05, 3.63) is 39.0 Å². The number of nitrogens with one attached hydrogen (secondary N) is 1. The van der Waals surface area contributed by atoms with Gasteiger partial charge in [-0.05, 0) is 47.7 Å². The van der Waals surface area contributed by atoms with Gasteiger partial charge in [0.15, 0.2) is 5.78 Å². The Kier molecular flexibility index (Phi) is 3.09. The third-order valence-corrected chi connectivity index (χ3v) is 3.16. The number of hydrogen-bond acceptors (Lipinski definition) is 2. The van der Waals surface area contributed by atoms with Gasteiger partial charge < -0.3 is 5.32 Å². The maximum absolute atomic E-state index is 12.1. The average Bonchev–Trinajstić information content (AvgIpc) is 2.37. The highest BCUT2D eigenvalue weighted by molar-refractivity contribution is 14.1. The monoisotopic (exact) mass is 327 g/mol. The van der Waals surface area contributed by atoms with Crippen LogP contribution in [0.15, 0.2) is 29.8 Å². The molecule has 2 rings (SSSR count). The number of allylic oxidation sites excluding steroid dienone is 1. The lowest BCUT2D eigenvalue weighted by Crippen LogP contribution is -2.10. The van der Waals surface area contributed by atoms with Crippen molar-refractivity contribution in [2.45, 2.75) is 13.3 Å². The highest BCUT2D eigenvalue weighted by atomic mass is 127. The summed E-state index contributed by atoms with van der Waals surface area (Å²) in [5.41, 5.74) is 1.73. The van der Waals surface area contributed by atoms with Gasteiger partial charge in [-0.25, -0.2) is 0 Å². The van der Waals surface area contributed by atoms with Crippen LogP contribution >= 0.6 is 22.6 Å². The van der Waals surface area contributed by atoms with E-state index in [0.29, 0.717) is 16.8 Å². The smallest absolute Gasteiger partial charge is 0.228 e. The van der Waals surface area contributed by atoms with Crippen LogP contribution in [0.5, 0.6) is 0 Å². The van der Waals surface area contributed by atoms with E-state index in [2.05, 4.69) is 27.9 Å². The molecule has 0 aliphatic carbocycles. The standard InChI is InChI=1S/C12H10INO2/c1-2-7-5-11(15)14-10-4-3-8(13)6-9(10)12(7)16/h2-4,6H,5H2,1H3,(H,14,15)/b7-2+. The van der Waals surface area contributed by atoms with Gasteiger partial charge in [0, 0.05) is 14.7 Å². The number of carbonyl (C=O) groups excluding carboxylic acids is 2. The van der Waals surface area contributed by atoms with Crippen LogP contribution in [0.25, 0.3) is 0 Å².